The molecule has 8 nitrogen and oxygen atoms in total. The van der Waals surface area contributed by atoms with Gasteiger partial charge in [-0.1, -0.05) is 72.0 Å². The Morgan fingerprint density at radius 3 is 2.49 bits per heavy atom. The topological polar surface area (TPSA) is 88.4 Å². The molecule has 1 aliphatic rings. The van der Waals surface area contributed by atoms with Crippen molar-refractivity contribution in [1.82, 2.24) is 4.57 Å². The number of ether oxygens (including phenoxy) is 4. The lowest BCUT2D eigenvalue weighted by Crippen LogP contribution is -2.39. The summed E-state index contributed by atoms with van der Waals surface area (Å²) < 4.78 is 24.6. The fourth-order valence-corrected chi connectivity index (χ4v) is 6.56. The molecule has 0 spiro atoms. The highest BCUT2D eigenvalue weighted by molar-refractivity contribution is 7.07. The second kappa shape index (κ2) is 12.8. The maximum atomic E-state index is 14.0. The van der Waals surface area contributed by atoms with Crippen LogP contribution >= 0.6 is 11.3 Å². The first-order chi connectivity index (χ1) is 21.9. The van der Waals surface area contributed by atoms with Crippen LogP contribution in [0.15, 0.2) is 106 Å². The van der Waals surface area contributed by atoms with Crippen molar-refractivity contribution in [3.63, 3.8) is 0 Å². The van der Waals surface area contributed by atoms with Crippen LogP contribution in [-0.2, 0) is 16.1 Å². The molecule has 0 N–H and O–H groups in total. The number of thiazole rings is 1. The van der Waals surface area contributed by atoms with Gasteiger partial charge in [0.2, 0.25) is 0 Å². The minimum Gasteiger partial charge on any atom is -0.497 e. The number of hydrogen-bond donors (Lipinski definition) is 0. The summed E-state index contributed by atoms with van der Waals surface area (Å²) in [5, 5.41) is 2.29. The molecule has 9 heteroatoms. The highest BCUT2D eigenvalue weighted by Gasteiger charge is 2.33. The van der Waals surface area contributed by atoms with E-state index in [0.29, 0.717) is 44.5 Å². The van der Waals surface area contributed by atoms with E-state index in [1.165, 1.54) is 11.3 Å². The third-order valence-electron chi connectivity index (χ3n) is 7.70. The molecule has 1 aromatic heterocycles. The Hall–Kier alpha value is -5.15. The summed E-state index contributed by atoms with van der Waals surface area (Å²) in [6.07, 6.45) is 1.80. The van der Waals surface area contributed by atoms with Crippen molar-refractivity contribution in [2.75, 3.05) is 20.8 Å². The smallest absolute Gasteiger partial charge is 0.338 e. The lowest BCUT2D eigenvalue weighted by atomic mass is 9.96. The molecule has 0 unspecified atom stereocenters. The Bertz CT molecular complexity index is 2110. The van der Waals surface area contributed by atoms with Crippen LogP contribution in [-0.4, -0.2) is 31.4 Å². The maximum absolute atomic E-state index is 14.0. The van der Waals surface area contributed by atoms with E-state index >= 15 is 0 Å². The number of hydrogen-bond acceptors (Lipinski definition) is 8. The molecular formula is C36H32N2O6S. The van der Waals surface area contributed by atoms with Crippen LogP contribution in [0.4, 0.5) is 0 Å². The zero-order valence-corrected chi connectivity index (χ0v) is 26.2. The van der Waals surface area contributed by atoms with Crippen molar-refractivity contribution in [1.29, 1.82) is 0 Å². The summed E-state index contributed by atoms with van der Waals surface area (Å²) in [5.41, 5.74) is 3.16. The number of fused-ring (bicyclic) bond motifs is 2. The van der Waals surface area contributed by atoms with E-state index in [1.807, 2.05) is 48.5 Å². The van der Waals surface area contributed by atoms with Gasteiger partial charge in [0.1, 0.15) is 12.4 Å². The van der Waals surface area contributed by atoms with Crippen molar-refractivity contribution in [2.45, 2.75) is 26.5 Å². The van der Waals surface area contributed by atoms with E-state index in [4.69, 9.17) is 18.9 Å². The van der Waals surface area contributed by atoms with Gasteiger partial charge in [-0.2, -0.15) is 0 Å². The van der Waals surface area contributed by atoms with Crippen LogP contribution in [0.5, 0.6) is 17.2 Å². The molecule has 228 valence electrons. The van der Waals surface area contributed by atoms with Crippen molar-refractivity contribution in [3.8, 4) is 17.2 Å². The molecule has 0 amide bonds. The zero-order chi connectivity index (χ0) is 31.5. The van der Waals surface area contributed by atoms with Crippen molar-refractivity contribution >= 4 is 34.2 Å². The minimum absolute atomic E-state index is 0.207. The SMILES string of the molecule is CCOC(=O)C1=C(C)N=c2sc(=Cc3ccc(OCc4cccc5ccccc45)c(OC)c3)c(=O)n2[C@@H]1c1ccc(OC)cc1. The number of esters is 1. The second-order valence-electron chi connectivity index (χ2n) is 10.4. The molecular weight excluding hydrogens is 588 g/mol. The summed E-state index contributed by atoms with van der Waals surface area (Å²) in [5.74, 6) is 1.31. The molecule has 0 radical (unpaired) electrons. The molecule has 0 aliphatic carbocycles. The largest absolute Gasteiger partial charge is 0.497 e. The number of methoxy groups -OCH3 is 2. The highest BCUT2D eigenvalue weighted by Crippen LogP contribution is 2.32. The van der Waals surface area contributed by atoms with Gasteiger partial charge in [0, 0.05) is 0 Å². The van der Waals surface area contributed by atoms with E-state index in [2.05, 4.69) is 29.3 Å². The van der Waals surface area contributed by atoms with Crippen molar-refractivity contribution < 1.29 is 23.7 Å². The van der Waals surface area contributed by atoms with Crippen molar-refractivity contribution in [2.24, 2.45) is 4.99 Å². The first-order valence-corrected chi connectivity index (χ1v) is 15.3. The number of nitrogens with zero attached hydrogens (tertiary/aromatic N) is 2. The van der Waals surface area contributed by atoms with Crippen LogP contribution in [0.2, 0.25) is 0 Å². The number of benzene rings is 4. The molecule has 0 bridgehead atoms. The molecule has 2 heterocycles. The summed E-state index contributed by atoms with van der Waals surface area (Å²) in [6.45, 7) is 4.10. The second-order valence-corrected chi connectivity index (χ2v) is 11.4. The Morgan fingerprint density at radius 2 is 1.73 bits per heavy atom. The van der Waals surface area contributed by atoms with Crippen molar-refractivity contribution in [3.05, 3.63) is 133 Å². The minimum atomic E-state index is -0.701. The fourth-order valence-electron chi connectivity index (χ4n) is 5.51. The molecule has 1 atom stereocenters. The molecule has 6 rings (SSSR count). The first-order valence-electron chi connectivity index (χ1n) is 14.5. The molecule has 0 saturated carbocycles. The van der Waals surface area contributed by atoms with Gasteiger partial charge >= 0.3 is 5.97 Å². The summed E-state index contributed by atoms with van der Waals surface area (Å²) in [4.78, 5) is 32.3. The number of carbonyl (C=O) groups excluding carboxylic acids is 1. The van der Waals surface area contributed by atoms with E-state index in [0.717, 1.165) is 27.5 Å². The molecule has 45 heavy (non-hydrogen) atoms. The quantitative estimate of drug-likeness (QED) is 0.201. The Labute approximate surface area is 264 Å². The van der Waals surface area contributed by atoms with Gasteiger partial charge in [-0.05, 0) is 71.7 Å². The predicted molar refractivity (Wildman–Crippen MR) is 175 cm³/mol. The standard InChI is InChI=1S/C36H32N2O6S/c1-5-43-35(40)32-22(2)37-36-38(33(32)25-14-16-27(41-3)17-15-25)34(39)31(45-36)20-23-13-18-29(30(19-23)42-4)44-21-26-11-8-10-24-9-6-7-12-28(24)26/h6-20,33H,5,21H2,1-4H3/t33-/m1/s1. The van der Waals surface area contributed by atoms with Crippen LogP contribution in [0.3, 0.4) is 0 Å². The molecule has 0 fully saturated rings. The van der Waals surface area contributed by atoms with Gasteiger partial charge in [-0.3, -0.25) is 9.36 Å². The van der Waals surface area contributed by atoms with E-state index in [9.17, 15) is 9.59 Å². The number of rotatable bonds is 9. The monoisotopic (exact) mass is 620 g/mol. The summed E-state index contributed by atoms with van der Waals surface area (Å²) in [6, 6.07) is 26.5. The number of carbonyl (C=O) groups is 1. The summed E-state index contributed by atoms with van der Waals surface area (Å²) in [7, 11) is 3.18. The highest BCUT2D eigenvalue weighted by atomic mass is 32.1. The van der Waals surface area contributed by atoms with E-state index < -0.39 is 12.0 Å². The molecule has 0 saturated heterocycles. The van der Waals surface area contributed by atoms with E-state index in [-0.39, 0.29) is 12.2 Å². The van der Waals surface area contributed by atoms with Crippen LogP contribution in [0.1, 0.15) is 36.6 Å². The van der Waals surface area contributed by atoms with Gasteiger partial charge in [0.05, 0.1) is 42.7 Å². The molecule has 5 aromatic rings. The number of allylic oxidation sites excluding steroid dienone is 1. The Morgan fingerprint density at radius 1 is 0.956 bits per heavy atom. The predicted octanol–water partition coefficient (Wildman–Crippen LogP) is 5.55. The van der Waals surface area contributed by atoms with Gasteiger partial charge in [0.15, 0.2) is 16.3 Å². The molecule has 1 aliphatic heterocycles. The van der Waals surface area contributed by atoms with Gasteiger partial charge < -0.3 is 18.9 Å². The fraction of sp³-hybridized carbons (Fsp3) is 0.194. The van der Waals surface area contributed by atoms with Crippen LogP contribution < -0.4 is 29.1 Å². The van der Waals surface area contributed by atoms with Gasteiger partial charge in [0.25, 0.3) is 5.56 Å². The maximum Gasteiger partial charge on any atom is 0.338 e. The third kappa shape index (κ3) is 5.86. The lowest BCUT2D eigenvalue weighted by Gasteiger charge is -2.24. The molecule has 4 aromatic carbocycles. The van der Waals surface area contributed by atoms with Crippen LogP contribution in [0.25, 0.3) is 16.8 Å². The average molecular weight is 621 g/mol. The van der Waals surface area contributed by atoms with E-state index in [1.54, 1.807) is 50.8 Å². The van der Waals surface area contributed by atoms with Gasteiger partial charge in [-0.15, -0.1) is 0 Å². The third-order valence-corrected chi connectivity index (χ3v) is 8.68. The number of aromatic nitrogens is 1. The van der Waals surface area contributed by atoms with Crippen LogP contribution in [0, 0.1) is 0 Å². The Balaban J connectivity index is 1.36. The lowest BCUT2D eigenvalue weighted by molar-refractivity contribution is -0.139. The average Bonchev–Trinajstić information content (AvgIpc) is 3.36. The first kappa shape index (κ1) is 29.9. The summed E-state index contributed by atoms with van der Waals surface area (Å²) >= 11 is 1.27. The Kier molecular flexibility index (Phi) is 8.53. The normalized spacial score (nSPS) is 14.6. The zero-order valence-electron chi connectivity index (χ0n) is 25.4. The van der Waals surface area contributed by atoms with Gasteiger partial charge in [-0.25, -0.2) is 9.79 Å².